The van der Waals surface area contributed by atoms with Crippen molar-refractivity contribution in [2.24, 2.45) is 0 Å². The predicted octanol–water partition coefficient (Wildman–Crippen LogP) is 3.30. The molecule has 1 aliphatic carbocycles. The fourth-order valence-electron chi connectivity index (χ4n) is 4.07. The molecule has 4 rings (SSSR count). The first-order valence-corrected chi connectivity index (χ1v) is 9.19. The number of rotatable bonds is 3. The van der Waals surface area contributed by atoms with Crippen LogP contribution in [-0.4, -0.2) is 37.5 Å². The summed E-state index contributed by atoms with van der Waals surface area (Å²) in [5.74, 6) is -0.0613. The molecule has 0 radical (unpaired) electrons. The maximum absolute atomic E-state index is 12.1. The quantitative estimate of drug-likeness (QED) is 0.924. The fraction of sp³-hybridized carbons (Fsp3) is 0.632. The topological polar surface area (TPSA) is 50.8 Å². The number of piperidine rings is 1. The van der Waals surface area contributed by atoms with E-state index >= 15 is 0 Å². The minimum atomic E-state index is -0.305. The molecule has 0 bridgehead atoms. The number of nitrogens with zero attached hydrogens (tertiary/aromatic N) is 1. The summed E-state index contributed by atoms with van der Waals surface area (Å²) >= 11 is 0. The van der Waals surface area contributed by atoms with E-state index in [0.29, 0.717) is 12.5 Å². The maximum atomic E-state index is 12.1. The molecule has 130 valence electrons. The van der Waals surface area contributed by atoms with Gasteiger partial charge in [0, 0.05) is 43.2 Å². The number of hydrogen-bond donors (Lipinski definition) is 1. The molecule has 2 saturated heterocycles. The Labute approximate surface area is 143 Å². The third-order valence-corrected chi connectivity index (χ3v) is 5.41. The number of carbonyl (C=O) groups excluding carboxylic acids is 1. The van der Waals surface area contributed by atoms with Crippen molar-refractivity contribution >= 4 is 17.3 Å². The van der Waals surface area contributed by atoms with E-state index in [9.17, 15) is 4.79 Å². The molecule has 0 aromatic heterocycles. The first kappa shape index (κ1) is 15.9. The third kappa shape index (κ3) is 3.28. The van der Waals surface area contributed by atoms with Crippen molar-refractivity contribution in [3.8, 4) is 0 Å². The van der Waals surface area contributed by atoms with Gasteiger partial charge in [-0.05, 0) is 43.9 Å². The Morgan fingerprint density at radius 3 is 2.67 bits per heavy atom. The molecular formula is C19H26N2O3. The Morgan fingerprint density at radius 2 is 1.92 bits per heavy atom. The fourth-order valence-corrected chi connectivity index (χ4v) is 4.07. The summed E-state index contributed by atoms with van der Waals surface area (Å²) in [5, 5.41) is 3.63. The van der Waals surface area contributed by atoms with E-state index in [1.165, 1.54) is 0 Å². The van der Waals surface area contributed by atoms with Crippen LogP contribution in [0, 0.1) is 0 Å². The first-order valence-electron chi connectivity index (χ1n) is 9.19. The minimum absolute atomic E-state index is 0.244. The molecule has 1 aromatic carbocycles. The summed E-state index contributed by atoms with van der Waals surface area (Å²) in [5.41, 5.74) is 2.11. The smallest absolute Gasteiger partial charge is 0.226 e. The summed E-state index contributed by atoms with van der Waals surface area (Å²) < 4.78 is 11.6. The Bertz CT molecular complexity index is 588. The molecule has 24 heavy (non-hydrogen) atoms. The number of anilines is 2. The molecule has 2 aliphatic heterocycles. The molecule has 1 spiro atoms. The highest BCUT2D eigenvalue weighted by Crippen LogP contribution is 2.37. The summed E-state index contributed by atoms with van der Waals surface area (Å²) in [7, 11) is 0. The van der Waals surface area contributed by atoms with Gasteiger partial charge >= 0.3 is 0 Å². The monoisotopic (exact) mass is 330 g/mol. The molecule has 1 saturated carbocycles. The standard InChI is InChI=1S/C19H26N2O3/c22-18-6-1-2-11-21(18)17-5-3-4-16(14-17)20-15-7-9-19(10-8-15)23-12-13-24-19/h3-5,14-15,20H,1-2,6-13H2. The van der Waals surface area contributed by atoms with Crippen LogP contribution in [0.4, 0.5) is 11.4 Å². The average Bonchev–Trinajstić information content (AvgIpc) is 3.06. The van der Waals surface area contributed by atoms with Crippen molar-refractivity contribution in [2.45, 2.75) is 56.8 Å². The van der Waals surface area contributed by atoms with Gasteiger partial charge in [0.2, 0.25) is 5.91 Å². The molecule has 0 atom stereocenters. The van der Waals surface area contributed by atoms with Crippen molar-refractivity contribution in [3.63, 3.8) is 0 Å². The van der Waals surface area contributed by atoms with Gasteiger partial charge in [-0.1, -0.05) is 6.07 Å². The average molecular weight is 330 g/mol. The van der Waals surface area contributed by atoms with Crippen molar-refractivity contribution in [1.82, 2.24) is 0 Å². The molecular weight excluding hydrogens is 304 g/mol. The second kappa shape index (κ2) is 6.73. The van der Waals surface area contributed by atoms with Gasteiger partial charge in [-0.2, -0.15) is 0 Å². The molecule has 0 unspecified atom stereocenters. The largest absolute Gasteiger partial charge is 0.382 e. The molecule has 1 amide bonds. The molecule has 1 N–H and O–H groups in total. The van der Waals surface area contributed by atoms with Gasteiger partial charge in [0.05, 0.1) is 13.2 Å². The number of nitrogens with one attached hydrogen (secondary N) is 1. The maximum Gasteiger partial charge on any atom is 0.226 e. The lowest BCUT2D eigenvalue weighted by Gasteiger charge is -2.36. The van der Waals surface area contributed by atoms with Crippen LogP contribution < -0.4 is 10.2 Å². The Hall–Kier alpha value is -1.59. The van der Waals surface area contributed by atoms with Crippen molar-refractivity contribution in [3.05, 3.63) is 24.3 Å². The normalized spacial score (nSPS) is 24.5. The second-order valence-corrected chi connectivity index (χ2v) is 7.08. The van der Waals surface area contributed by atoms with Crippen molar-refractivity contribution in [2.75, 3.05) is 30.0 Å². The highest BCUT2D eigenvalue weighted by atomic mass is 16.7. The van der Waals surface area contributed by atoms with E-state index < -0.39 is 0 Å². The number of benzene rings is 1. The van der Waals surface area contributed by atoms with Crippen LogP contribution in [0.5, 0.6) is 0 Å². The van der Waals surface area contributed by atoms with Crippen LogP contribution in [0.15, 0.2) is 24.3 Å². The zero-order valence-corrected chi connectivity index (χ0v) is 14.1. The third-order valence-electron chi connectivity index (χ3n) is 5.41. The molecule has 5 heteroatoms. The van der Waals surface area contributed by atoms with E-state index in [0.717, 1.165) is 69.7 Å². The van der Waals surface area contributed by atoms with Crippen LogP contribution >= 0.6 is 0 Å². The van der Waals surface area contributed by atoms with Crippen LogP contribution in [0.2, 0.25) is 0 Å². The molecule has 1 aromatic rings. The van der Waals surface area contributed by atoms with E-state index in [1.807, 2.05) is 17.0 Å². The lowest BCUT2D eigenvalue weighted by Crippen LogP contribution is -2.39. The van der Waals surface area contributed by atoms with Gasteiger partial charge in [-0.3, -0.25) is 4.79 Å². The Kier molecular flexibility index (Phi) is 4.46. The van der Waals surface area contributed by atoms with Crippen LogP contribution in [0.25, 0.3) is 0 Å². The number of amides is 1. The van der Waals surface area contributed by atoms with Crippen molar-refractivity contribution < 1.29 is 14.3 Å². The van der Waals surface area contributed by atoms with Gasteiger partial charge in [0.15, 0.2) is 5.79 Å². The first-order chi connectivity index (χ1) is 11.7. The van der Waals surface area contributed by atoms with Crippen LogP contribution in [-0.2, 0) is 14.3 Å². The van der Waals surface area contributed by atoms with Crippen LogP contribution in [0.3, 0.4) is 0 Å². The Morgan fingerprint density at radius 1 is 1.12 bits per heavy atom. The number of ether oxygens (including phenoxy) is 2. The van der Waals surface area contributed by atoms with Gasteiger partial charge in [-0.25, -0.2) is 0 Å². The van der Waals surface area contributed by atoms with E-state index in [2.05, 4.69) is 17.4 Å². The summed E-state index contributed by atoms with van der Waals surface area (Å²) in [6.45, 7) is 2.29. The lowest BCUT2D eigenvalue weighted by molar-refractivity contribution is -0.177. The van der Waals surface area contributed by atoms with E-state index in [1.54, 1.807) is 0 Å². The number of hydrogen-bond acceptors (Lipinski definition) is 4. The predicted molar refractivity (Wildman–Crippen MR) is 93.2 cm³/mol. The van der Waals surface area contributed by atoms with Gasteiger partial charge in [0.25, 0.3) is 0 Å². The van der Waals surface area contributed by atoms with Gasteiger partial charge < -0.3 is 19.7 Å². The molecule has 5 nitrogen and oxygen atoms in total. The zero-order valence-electron chi connectivity index (χ0n) is 14.1. The number of carbonyl (C=O) groups is 1. The summed E-state index contributed by atoms with van der Waals surface area (Å²) in [4.78, 5) is 14.0. The highest BCUT2D eigenvalue weighted by Gasteiger charge is 2.40. The summed E-state index contributed by atoms with van der Waals surface area (Å²) in [6, 6.07) is 8.70. The van der Waals surface area contributed by atoms with Gasteiger partial charge in [-0.15, -0.1) is 0 Å². The molecule has 2 heterocycles. The Balaban J connectivity index is 1.38. The zero-order chi connectivity index (χ0) is 16.4. The minimum Gasteiger partial charge on any atom is -0.382 e. The van der Waals surface area contributed by atoms with Crippen LogP contribution in [0.1, 0.15) is 44.9 Å². The highest BCUT2D eigenvalue weighted by molar-refractivity contribution is 5.94. The molecule has 3 aliphatic rings. The lowest BCUT2D eigenvalue weighted by atomic mass is 9.90. The molecule has 3 fully saturated rings. The summed E-state index contributed by atoms with van der Waals surface area (Å²) in [6.07, 6.45) is 6.78. The second-order valence-electron chi connectivity index (χ2n) is 7.08. The van der Waals surface area contributed by atoms with E-state index in [-0.39, 0.29) is 11.7 Å². The van der Waals surface area contributed by atoms with Gasteiger partial charge in [0.1, 0.15) is 0 Å². The van der Waals surface area contributed by atoms with Crippen molar-refractivity contribution in [1.29, 1.82) is 0 Å². The van der Waals surface area contributed by atoms with E-state index in [4.69, 9.17) is 9.47 Å². The SMILES string of the molecule is O=C1CCCCN1c1cccc(NC2CCC3(CC2)OCCO3)c1.